The second-order valence-electron chi connectivity index (χ2n) is 15.4. The number of anilines is 1. The number of hydrogen-bond donors (Lipinski definition) is 2. The minimum Gasteiger partial charge on any atom is -0.390 e. The Morgan fingerprint density at radius 3 is 2.26 bits per heavy atom. The van der Waals surface area contributed by atoms with Crippen molar-refractivity contribution in [3.05, 3.63) is 22.7 Å². The molecule has 8 atom stereocenters. The molecule has 50 heavy (non-hydrogen) atoms. The molecule has 1 aromatic rings. The normalized spacial score (nSPS) is 32.1. The molecule has 15 heteroatoms. The molecule has 2 aliphatic carbocycles. The average Bonchev–Trinajstić information content (AvgIpc) is 3.51. The molecular weight excluding hydrogens is 732 g/mol. The average molecular weight is 801 g/mol. The number of nitrogens with one attached hydrogen (secondary N) is 1. The molecule has 1 amide bonds. The maximum atomic E-state index is 12.7. The van der Waals surface area contributed by atoms with Crippen LogP contribution in [0.15, 0.2) is 17.1 Å². The number of rotatable bonds is 9. The first-order valence-electron chi connectivity index (χ1n) is 17.9. The van der Waals surface area contributed by atoms with E-state index >= 15 is 0 Å². The minimum atomic E-state index is -1.20. The van der Waals surface area contributed by atoms with Crippen molar-refractivity contribution in [2.45, 2.75) is 175 Å². The summed E-state index contributed by atoms with van der Waals surface area (Å²) in [5.41, 5.74) is -0.985. The van der Waals surface area contributed by atoms with Gasteiger partial charge in [-0.2, -0.15) is 59.0 Å². The van der Waals surface area contributed by atoms with Gasteiger partial charge in [-0.25, -0.2) is 9.46 Å². The van der Waals surface area contributed by atoms with Gasteiger partial charge in [-0.05, 0) is 84.1 Å². The Bertz CT molecular complexity index is 1230. The SMILES string of the molecule is CC(C)C[C@H]1CCCC[C@]1(C)O.CCC1OC(n2ccc(NC(=O)C(C)C)nc2=O)CC1OP1O[C@@]2(C)CCCC[C@@H]2N1C(C)C.S.S.S.S. The Morgan fingerprint density at radius 1 is 1.06 bits per heavy atom. The summed E-state index contributed by atoms with van der Waals surface area (Å²) in [6, 6.07) is 2.34. The summed E-state index contributed by atoms with van der Waals surface area (Å²) in [6.07, 6.45) is 12.8. The number of fused-ring (bicyclic) bond motifs is 1. The first-order valence-corrected chi connectivity index (χ1v) is 19.0. The summed E-state index contributed by atoms with van der Waals surface area (Å²) in [7, 11) is -1.20. The quantitative estimate of drug-likeness (QED) is 0.242. The van der Waals surface area contributed by atoms with E-state index in [9.17, 15) is 14.7 Å². The summed E-state index contributed by atoms with van der Waals surface area (Å²) >= 11 is 0. The third kappa shape index (κ3) is 12.5. The van der Waals surface area contributed by atoms with Crippen LogP contribution in [-0.2, 0) is 18.6 Å². The molecule has 2 aliphatic heterocycles. The Kier molecular flexibility index (Phi) is 21.8. The molecule has 0 aromatic carbocycles. The molecule has 0 radical (unpaired) electrons. The van der Waals surface area contributed by atoms with E-state index in [1.807, 2.05) is 6.92 Å². The maximum Gasteiger partial charge on any atom is 0.351 e. The molecule has 4 aliphatic rings. The summed E-state index contributed by atoms with van der Waals surface area (Å²) in [6.45, 7) is 18.8. The fourth-order valence-corrected chi connectivity index (χ4v) is 9.76. The highest BCUT2D eigenvalue weighted by atomic mass is 32.1. The van der Waals surface area contributed by atoms with Crippen molar-refractivity contribution in [2.24, 2.45) is 17.8 Å². The van der Waals surface area contributed by atoms with E-state index in [1.54, 1.807) is 26.1 Å². The van der Waals surface area contributed by atoms with Gasteiger partial charge in [-0.1, -0.05) is 60.3 Å². The zero-order valence-electron chi connectivity index (χ0n) is 31.8. The van der Waals surface area contributed by atoms with Gasteiger partial charge in [-0.15, -0.1) is 0 Å². The monoisotopic (exact) mass is 800 g/mol. The smallest absolute Gasteiger partial charge is 0.351 e. The number of amides is 1. The van der Waals surface area contributed by atoms with E-state index in [0.717, 1.165) is 31.6 Å². The molecule has 2 saturated carbocycles. The van der Waals surface area contributed by atoms with Crippen LogP contribution in [0.2, 0.25) is 0 Å². The van der Waals surface area contributed by atoms with Crippen molar-refractivity contribution in [3.8, 4) is 0 Å². The van der Waals surface area contributed by atoms with Crippen LogP contribution in [0.25, 0.3) is 0 Å². The van der Waals surface area contributed by atoms with Gasteiger partial charge in [-0.3, -0.25) is 9.36 Å². The van der Waals surface area contributed by atoms with Crippen molar-refractivity contribution >= 4 is 74.2 Å². The van der Waals surface area contributed by atoms with E-state index in [-0.39, 0.29) is 95.0 Å². The topological polar surface area (TPSA) is 115 Å². The molecule has 1 aromatic heterocycles. The third-order valence-electron chi connectivity index (χ3n) is 10.3. The summed E-state index contributed by atoms with van der Waals surface area (Å²) < 4.78 is 23.4. The molecule has 0 spiro atoms. The predicted molar refractivity (Wildman–Crippen MR) is 225 cm³/mol. The first kappa shape index (κ1) is 50.0. The number of aromatic nitrogens is 2. The second kappa shape index (κ2) is 21.8. The molecule has 0 bridgehead atoms. The molecular formula is C35H69N4O6PS4. The van der Waals surface area contributed by atoms with Crippen molar-refractivity contribution in [1.29, 1.82) is 0 Å². The lowest BCUT2D eigenvalue weighted by Gasteiger charge is -2.38. The Labute approximate surface area is 331 Å². The number of carbonyl (C=O) groups excluding carboxylic acids is 1. The summed E-state index contributed by atoms with van der Waals surface area (Å²) in [5.74, 6) is 1.15. The van der Waals surface area contributed by atoms with Gasteiger partial charge >= 0.3 is 5.69 Å². The minimum absolute atomic E-state index is 0. The molecule has 294 valence electrons. The molecule has 4 fully saturated rings. The van der Waals surface area contributed by atoms with Gasteiger partial charge in [0.15, 0.2) is 0 Å². The molecule has 5 rings (SSSR count). The van der Waals surface area contributed by atoms with Crippen molar-refractivity contribution in [1.82, 2.24) is 14.2 Å². The van der Waals surface area contributed by atoms with Crippen LogP contribution in [0.1, 0.15) is 139 Å². The molecule has 2 saturated heterocycles. The summed E-state index contributed by atoms with van der Waals surface area (Å²) in [4.78, 5) is 28.7. The lowest BCUT2D eigenvalue weighted by molar-refractivity contribution is -0.118. The van der Waals surface area contributed by atoms with Crippen molar-refractivity contribution in [2.75, 3.05) is 5.32 Å². The van der Waals surface area contributed by atoms with E-state index < -0.39 is 20.4 Å². The highest BCUT2D eigenvalue weighted by Crippen LogP contribution is 2.62. The highest BCUT2D eigenvalue weighted by molar-refractivity contribution is 7.59. The van der Waals surface area contributed by atoms with Crippen LogP contribution in [0.5, 0.6) is 0 Å². The van der Waals surface area contributed by atoms with Crippen LogP contribution in [0, 0.1) is 17.8 Å². The molecule has 10 nitrogen and oxygen atoms in total. The number of hydrogen-bond acceptors (Lipinski definition) is 8. The first-order chi connectivity index (χ1) is 21.6. The fraction of sp³-hybridized carbons (Fsp3) is 0.857. The standard InChI is InChI=1S/C24H39N4O5P.C11H22O.4H2S/c1-7-17-18(32-34-28(16(4)5)19-10-8-9-12-24(19,6)33-34)14-21(31-17)27-13-11-20(26-23(27)30)25-22(29)15(2)3;1-9(2)8-10-6-4-5-7-11(10,3)12;;;;/h11,13,15-19,21H,7-10,12,14H2,1-6H3,(H,25,26,29,30);9-10,12H,4-8H2,1-3H3;4*1H2/t17?,18?,19-,21?,24-,34?;10-,11+;;;;/m01..../s1. The van der Waals surface area contributed by atoms with E-state index in [2.05, 4.69) is 56.5 Å². The van der Waals surface area contributed by atoms with Gasteiger partial charge in [0, 0.05) is 30.6 Å². The number of ether oxygens (including phenoxy) is 1. The second-order valence-corrected chi connectivity index (χ2v) is 16.7. The summed E-state index contributed by atoms with van der Waals surface area (Å²) in [5, 5.41) is 12.8. The van der Waals surface area contributed by atoms with Crippen LogP contribution in [0.4, 0.5) is 5.82 Å². The zero-order chi connectivity index (χ0) is 33.8. The van der Waals surface area contributed by atoms with Crippen LogP contribution >= 0.6 is 62.5 Å². The number of carbonyl (C=O) groups is 1. The lowest BCUT2D eigenvalue weighted by Crippen LogP contribution is -2.47. The van der Waals surface area contributed by atoms with Crippen LogP contribution < -0.4 is 11.0 Å². The van der Waals surface area contributed by atoms with Crippen LogP contribution in [-0.4, -0.2) is 60.7 Å². The Balaban J connectivity index is 0.00000129. The maximum absolute atomic E-state index is 12.7. The molecule has 3 heterocycles. The van der Waals surface area contributed by atoms with Gasteiger partial charge in [0.05, 0.1) is 23.4 Å². The molecule has 4 unspecified atom stereocenters. The zero-order valence-corrected chi connectivity index (χ0v) is 36.7. The fourth-order valence-electron chi connectivity index (χ4n) is 7.53. The number of nitrogens with zero attached hydrogens (tertiary/aromatic N) is 3. The predicted octanol–water partition coefficient (Wildman–Crippen LogP) is 8.01. The van der Waals surface area contributed by atoms with Crippen molar-refractivity contribution in [3.63, 3.8) is 0 Å². The lowest BCUT2D eigenvalue weighted by atomic mass is 9.73. The van der Waals surface area contributed by atoms with Gasteiger partial charge in [0.2, 0.25) is 5.91 Å². The van der Waals surface area contributed by atoms with Gasteiger partial charge < -0.3 is 24.2 Å². The van der Waals surface area contributed by atoms with E-state index in [0.29, 0.717) is 24.4 Å². The largest absolute Gasteiger partial charge is 0.390 e. The Morgan fingerprint density at radius 2 is 1.70 bits per heavy atom. The van der Waals surface area contributed by atoms with Gasteiger partial charge in [0.1, 0.15) is 12.0 Å². The third-order valence-corrected chi connectivity index (χ3v) is 12.4. The Hall–Kier alpha value is -0.0200. The molecule has 2 N–H and O–H groups in total. The highest BCUT2D eigenvalue weighted by Gasteiger charge is 2.55. The van der Waals surface area contributed by atoms with Gasteiger partial charge in [0.25, 0.3) is 8.53 Å². The van der Waals surface area contributed by atoms with E-state index in [4.69, 9.17) is 13.8 Å². The van der Waals surface area contributed by atoms with E-state index in [1.165, 1.54) is 43.1 Å². The van der Waals surface area contributed by atoms with Crippen LogP contribution in [0.3, 0.4) is 0 Å². The van der Waals surface area contributed by atoms with Crippen molar-refractivity contribution < 1.29 is 23.7 Å². The number of aliphatic hydroxyl groups is 1.